The van der Waals surface area contributed by atoms with Gasteiger partial charge in [-0.2, -0.15) is 0 Å². The van der Waals surface area contributed by atoms with Gasteiger partial charge in [0.05, 0.1) is 27.7 Å². The molecule has 0 aliphatic heterocycles. The van der Waals surface area contributed by atoms with E-state index in [-0.39, 0.29) is 0 Å². The molecule has 0 aromatic carbocycles. The molecule has 0 saturated heterocycles. The maximum Gasteiger partial charge on any atom is 0.500 e. The van der Waals surface area contributed by atoms with Crippen LogP contribution < -0.4 is 0 Å². The zero-order valence-corrected chi connectivity index (χ0v) is 24.2. The fraction of sp³-hybridized carbons (Fsp3) is 1.00. The van der Waals surface area contributed by atoms with Crippen molar-refractivity contribution in [2.45, 2.75) is 122 Å². The molecule has 4 nitrogen and oxygen atoms in total. The van der Waals surface area contributed by atoms with Gasteiger partial charge in [-0.05, 0) is 18.8 Å². The maximum atomic E-state index is 5.61. The minimum Gasteiger partial charge on any atom is -0.377 e. The molecule has 0 saturated carbocycles. The molecule has 0 N–H and O–H groups in total. The molecule has 0 spiro atoms. The topological polar surface area (TPSA) is 27.7 Å². The molecule has 0 aromatic heterocycles. The van der Waals surface area contributed by atoms with Crippen molar-refractivity contribution in [1.82, 2.24) is 0 Å². The van der Waals surface area contributed by atoms with Crippen molar-refractivity contribution in [3.05, 3.63) is 0 Å². The lowest BCUT2D eigenvalue weighted by molar-refractivity contribution is -0.871. The Bertz CT molecular complexity index is 389. The molecular weight excluding hydrogens is 414 g/mol. The van der Waals surface area contributed by atoms with E-state index in [1.165, 1.54) is 109 Å². The third-order valence-electron chi connectivity index (χ3n) is 6.95. The van der Waals surface area contributed by atoms with Gasteiger partial charge in [0.15, 0.2) is 0 Å². The Kier molecular flexibility index (Phi) is 20.5. The first kappa shape index (κ1) is 32.1. The van der Waals surface area contributed by atoms with Gasteiger partial charge in [0.2, 0.25) is 0 Å². The van der Waals surface area contributed by atoms with Crippen LogP contribution in [0.2, 0.25) is 6.04 Å². The SMILES string of the molecule is CCCCCCCCCCCCCCCC(CCC[Si](OC)(OC)OC)CC[N+](C)(C)C. The minimum absolute atomic E-state index is 0.817. The van der Waals surface area contributed by atoms with Crippen LogP contribution in [0.1, 0.15) is 116 Å². The predicted molar refractivity (Wildman–Crippen MR) is 142 cm³/mol. The molecular formula is C27H60NO3Si+. The van der Waals surface area contributed by atoms with Gasteiger partial charge < -0.3 is 17.8 Å². The Morgan fingerprint density at radius 2 is 0.969 bits per heavy atom. The van der Waals surface area contributed by atoms with Crippen molar-refractivity contribution in [2.75, 3.05) is 49.0 Å². The quantitative estimate of drug-likeness (QED) is 0.0810. The first-order valence-corrected chi connectivity index (χ1v) is 15.7. The van der Waals surface area contributed by atoms with Crippen LogP contribution in [0.25, 0.3) is 0 Å². The summed E-state index contributed by atoms with van der Waals surface area (Å²) in [4.78, 5) is 0. The van der Waals surface area contributed by atoms with Crippen molar-refractivity contribution >= 4 is 8.80 Å². The summed E-state index contributed by atoms with van der Waals surface area (Å²) in [6.45, 7) is 3.55. The molecule has 0 aliphatic rings. The summed E-state index contributed by atoms with van der Waals surface area (Å²) < 4.78 is 17.9. The highest BCUT2D eigenvalue weighted by Gasteiger charge is 2.37. The van der Waals surface area contributed by atoms with Gasteiger partial charge in [-0.1, -0.05) is 103 Å². The molecule has 0 rings (SSSR count). The summed E-state index contributed by atoms with van der Waals surface area (Å²) in [5.74, 6) is 0.817. The smallest absolute Gasteiger partial charge is 0.377 e. The molecule has 0 heterocycles. The van der Waals surface area contributed by atoms with Gasteiger partial charge in [-0.25, -0.2) is 0 Å². The van der Waals surface area contributed by atoms with E-state index in [4.69, 9.17) is 13.3 Å². The molecule has 0 aromatic rings. The maximum absolute atomic E-state index is 5.61. The summed E-state index contributed by atoms with van der Waals surface area (Å²) in [6.07, 6.45) is 23.7. The van der Waals surface area contributed by atoms with Crippen LogP contribution in [0.3, 0.4) is 0 Å². The van der Waals surface area contributed by atoms with Crippen LogP contribution in [0.4, 0.5) is 0 Å². The first-order chi connectivity index (χ1) is 15.3. The van der Waals surface area contributed by atoms with E-state index in [2.05, 4.69) is 28.1 Å². The molecule has 32 heavy (non-hydrogen) atoms. The van der Waals surface area contributed by atoms with Crippen molar-refractivity contribution < 1.29 is 17.8 Å². The second kappa shape index (κ2) is 20.4. The van der Waals surface area contributed by atoms with Crippen LogP contribution in [0.5, 0.6) is 0 Å². The highest BCUT2D eigenvalue weighted by Crippen LogP contribution is 2.25. The normalized spacial score (nSPS) is 13.6. The summed E-state index contributed by atoms with van der Waals surface area (Å²) in [6, 6.07) is 0.927. The minimum atomic E-state index is -2.42. The van der Waals surface area contributed by atoms with Gasteiger partial charge in [0, 0.05) is 27.4 Å². The zero-order chi connectivity index (χ0) is 24.1. The molecule has 0 fully saturated rings. The molecule has 0 radical (unpaired) electrons. The highest BCUT2D eigenvalue weighted by atomic mass is 28.4. The fourth-order valence-corrected chi connectivity index (χ4v) is 6.37. The fourth-order valence-electron chi connectivity index (χ4n) is 4.62. The lowest BCUT2D eigenvalue weighted by Crippen LogP contribution is -2.42. The van der Waals surface area contributed by atoms with Crippen molar-refractivity contribution in [2.24, 2.45) is 5.92 Å². The van der Waals surface area contributed by atoms with Gasteiger partial charge >= 0.3 is 8.80 Å². The van der Waals surface area contributed by atoms with Crippen molar-refractivity contribution in [3.63, 3.8) is 0 Å². The molecule has 0 bridgehead atoms. The summed E-state index contributed by atoms with van der Waals surface area (Å²) >= 11 is 0. The molecule has 0 amide bonds. The van der Waals surface area contributed by atoms with E-state index in [1.807, 2.05) is 0 Å². The Morgan fingerprint density at radius 3 is 1.38 bits per heavy atom. The molecule has 194 valence electrons. The number of quaternary nitrogens is 1. The van der Waals surface area contributed by atoms with Crippen LogP contribution in [-0.4, -0.2) is 62.3 Å². The predicted octanol–water partition coefficient (Wildman–Crippen LogP) is 7.84. The number of unbranched alkanes of at least 4 members (excludes halogenated alkanes) is 12. The second-order valence-corrected chi connectivity index (χ2v) is 14.0. The number of rotatable bonds is 24. The van der Waals surface area contributed by atoms with E-state index in [0.717, 1.165) is 22.9 Å². The standard InChI is InChI=1S/C27H60NO3Si/c1-8-9-10-11-12-13-14-15-16-17-18-19-20-22-27(24-25-28(2,3)4)23-21-26-32(29-5,30-6)31-7/h27H,8-26H2,1-7H3/q+1. The van der Waals surface area contributed by atoms with Crippen molar-refractivity contribution in [3.8, 4) is 0 Å². The Labute approximate surface area is 203 Å². The monoisotopic (exact) mass is 474 g/mol. The average Bonchev–Trinajstić information content (AvgIpc) is 2.77. The van der Waals surface area contributed by atoms with E-state index < -0.39 is 8.80 Å². The third kappa shape index (κ3) is 18.5. The Morgan fingerprint density at radius 1 is 0.562 bits per heavy atom. The lowest BCUT2D eigenvalue weighted by atomic mass is 9.92. The lowest BCUT2D eigenvalue weighted by Gasteiger charge is -2.28. The summed E-state index contributed by atoms with van der Waals surface area (Å²) in [5, 5.41) is 0. The molecule has 0 aliphatic carbocycles. The van der Waals surface area contributed by atoms with Gasteiger partial charge in [0.1, 0.15) is 0 Å². The molecule has 1 atom stereocenters. The van der Waals surface area contributed by atoms with Crippen molar-refractivity contribution in [1.29, 1.82) is 0 Å². The van der Waals surface area contributed by atoms with E-state index in [1.54, 1.807) is 21.3 Å². The zero-order valence-electron chi connectivity index (χ0n) is 23.2. The number of nitrogens with zero attached hydrogens (tertiary/aromatic N) is 1. The molecule has 1 unspecified atom stereocenters. The van der Waals surface area contributed by atoms with Gasteiger partial charge in [-0.15, -0.1) is 0 Å². The van der Waals surface area contributed by atoms with Crippen LogP contribution in [0.15, 0.2) is 0 Å². The summed E-state index contributed by atoms with van der Waals surface area (Å²) in [5.41, 5.74) is 0. The van der Waals surface area contributed by atoms with E-state index in [0.29, 0.717) is 0 Å². The van der Waals surface area contributed by atoms with Crippen LogP contribution in [0, 0.1) is 5.92 Å². The van der Waals surface area contributed by atoms with Gasteiger partial charge in [-0.3, -0.25) is 0 Å². The highest BCUT2D eigenvalue weighted by molar-refractivity contribution is 6.60. The van der Waals surface area contributed by atoms with Crippen LogP contribution >= 0.6 is 0 Å². The first-order valence-electron chi connectivity index (χ1n) is 13.8. The Balaban J connectivity index is 3.98. The Hall–Kier alpha value is 0.0569. The average molecular weight is 475 g/mol. The largest absolute Gasteiger partial charge is 0.500 e. The number of hydrogen-bond donors (Lipinski definition) is 0. The van der Waals surface area contributed by atoms with Gasteiger partial charge in [0.25, 0.3) is 0 Å². The molecule has 5 heteroatoms. The van der Waals surface area contributed by atoms with E-state index in [9.17, 15) is 0 Å². The summed E-state index contributed by atoms with van der Waals surface area (Å²) in [7, 11) is 9.67. The van der Waals surface area contributed by atoms with Crippen LogP contribution in [-0.2, 0) is 13.3 Å². The van der Waals surface area contributed by atoms with E-state index >= 15 is 0 Å². The second-order valence-electron chi connectivity index (χ2n) is 10.9. The number of hydrogen-bond acceptors (Lipinski definition) is 3. The third-order valence-corrected chi connectivity index (χ3v) is 9.78.